The Morgan fingerprint density at radius 1 is 1.40 bits per heavy atom. The highest BCUT2D eigenvalue weighted by Gasteiger charge is 2.11. The molecular weight excluding hydrogens is 272 g/mol. The fourth-order valence-corrected chi connectivity index (χ4v) is 2.27. The Morgan fingerprint density at radius 3 is 2.55 bits per heavy atom. The van der Waals surface area contributed by atoms with E-state index in [1.165, 1.54) is 11.8 Å². The third kappa shape index (κ3) is 4.74. The van der Waals surface area contributed by atoms with Gasteiger partial charge in [-0.3, -0.25) is 9.79 Å². The van der Waals surface area contributed by atoms with Crippen LogP contribution in [0.25, 0.3) is 0 Å². The number of hydrogen-bond donors (Lipinski definition) is 1. The van der Waals surface area contributed by atoms with Crippen LogP contribution in [0.2, 0.25) is 0 Å². The molecule has 0 fully saturated rings. The third-order valence-electron chi connectivity index (χ3n) is 2.67. The molecule has 0 saturated carbocycles. The summed E-state index contributed by atoms with van der Waals surface area (Å²) in [6.07, 6.45) is 3.55. The number of aliphatic imine (C=N–C) groups is 1. The number of thioether (sulfide) groups is 1. The van der Waals surface area contributed by atoms with Crippen molar-refractivity contribution in [2.45, 2.75) is 20.4 Å². The molecule has 1 rings (SSSR count). The van der Waals surface area contributed by atoms with Crippen molar-refractivity contribution in [3.05, 3.63) is 40.4 Å². The molecule has 0 aliphatic rings. The van der Waals surface area contributed by atoms with Gasteiger partial charge in [0.2, 0.25) is 0 Å². The van der Waals surface area contributed by atoms with E-state index in [4.69, 9.17) is 4.74 Å². The highest BCUT2D eigenvalue weighted by Crippen LogP contribution is 2.18. The molecule has 0 aromatic heterocycles. The number of amides is 1. The van der Waals surface area contributed by atoms with Crippen LogP contribution in [0, 0.1) is 0 Å². The molecule has 0 unspecified atom stereocenters. The number of nitrogens with one attached hydrogen (secondary N) is 1. The molecule has 1 aromatic rings. The summed E-state index contributed by atoms with van der Waals surface area (Å²) in [7, 11) is 1.63. The number of carbonyl (C=O) groups excluding carboxylic acids is 1. The van der Waals surface area contributed by atoms with Gasteiger partial charge in [-0.15, -0.1) is 11.8 Å². The summed E-state index contributed by atoms with van der Waals surface area (Å²) in [5.41, 5.74) is 1.75. The number of allylic oxidation sites excluding steroid dienone is 1. The second-order valence-electron chi connectivity index (χ2n) is 4.04. The van der Waals surface area contributed by atoms with E-state index in [0.29, 0.717) is 11.4 Å². The first kappa shape index (κ1) is 16.3. The fourth-order valence-electron chi connectivity index (χ4n) is 1.66. The van der Waals surface area contributed by atoms with Crippen LogP contribution >= 0.6 is 11.8 Å². The van der Waals surface area contributed by atoms with Crippen molar-refractivity contribution in [2.24, 2.45) is 4.99 Å². The van der Waals surface area contributed by atoms with Crippen LogP contribution in [0.4, 0.5) is 0 Å². The molecule has 108 valence electrons. The van der Waals surface area contributed by atoms with Crippen LogP contribution in [0.5, 0.6) is 5.75 Å². The van der Waals surface area contributed by atoms with Gasteiger partial charge < -0.3 is 10.1 Å². The minimum absolute atomic E-state index is 0.101. The summed E-state index contributed by atoms with van der Waals surface area (Å²) in [6, 6.07) is 7.61. The summed E-state index contributed by atoms with van der Waals surface area (Å²) in [5.74, 6) is 0.703. The number of hydrogen-bond acceptors (Lipinski definition) is 4. The first-order valence-electron chi connectivity index (χ1n) is 6.27. The molecular formula is C15H20N2O2S. The predicted octanol–water partition coefficient (Wildman–Crippen LogP) is 3.00. The lowest BCUT2D eigenvalue weighted by atomic mass is 10.2. The number of rotatable bonds is 6. The molecule has 0 aliphatic heterocycles. The highest BCUT2D eigenvalue weighted by molar-refractivity contribution is 8.03. The van der Waals surface area contributed by atoms with Crippen LogP contribution in [-0.4, -0.2) is 25.5 Å². The summed E-state index contributed by atoms with van der Waals surface area (Å²) in [4.78, 5) is 16.9. The molecule has 0 spiro atoms. The largest absolute Gasteiger partial charge is 0.497 e. The van der Waals surface area contributed by atoms with Gasteiger partial charge in [-0.2, -0.15) is 0 Å². The molecule has 0 atom stereocenters. The minimum Gasteiger partial charge on any atom is -0.497 e. The van der Waals surface area contributed by atoms with E-state index in [2.05, 4.69) is 10.3 Å². The lowest BCUT2D eigenvalue weighted by Crippen LogP contribution is -2.24. The van der Waals surface area contributed by atoms with Crippen LogP contribution in [0.15, 0.2) is 39.9 Å². The lowest BCUT2D eigenvalue weighted by molar-refractivity contribution is -0.117. The van der Waals surface area contributed by atoms with Crippen molar-refractivity contribution in [2.75, 3.05) is 13.4 Å². The Labute approximate surface area is 124 Å². The molecule has 0 radical (unpaired) electrons. The molecule has 0 bridgehead atoms. The van der Waals surface area contributed by atoms with Gasteiger partial charge in [0.05, 0.1) is 17.7 Å². The van der Waals surface area contributed by atoms with Gasteiger partial charge in [0.15, 0.2) is 0 Å². The number of ether oxygens (including phenoxy) is 1. The van der Waals surface area contributed by atoms with Gasteiger partial charge in [-0.25, -0.2) is 0 Å². The van der Waals surface area contributed by atoms with Gasteiger partial charge >= 0.3 is 0 Å². The fraction of sp³-hybridized carbons (Fsp3) is 0.333. The molecule has 0 heterocycles. The van der Waals surface area contributed by atoms with Crippen LogP contribution in [-0.2, 0) is 11.3 Å². The Hall–Kier alpha value is -1.75. The van der Waals surface area contributed by atoms with Crippen molar-refractivity contribution in [1.29, 1.82) is 0 Å². The smallest absolute Gasteiger partial charge is 0.259 e. The normalized spacial score (nSPS) is 12.2. The van der Waals surface area contributed by atoms with Gasteiger partial charge in [0, 0.05) is 12.8 Å². The van der Waals surface area contributed by atoms with E-state index in [1.54, 1.807) is 13.3 Å². The van der Waals surface area contributed by atoms with Crippen molar-refractivity contribution >= 4 is 23.9 Å². The maximum Gasteiger partial charge on any atom is 0.259 e. The Bertz CT molecular complexity index is 507. The molecule has 1 aromatic carbocycles. The van der Waals surface area contributed by atoms with Gasteiger partial charge in [-0.05, 0) is 37.8 Å². The first-order valence-corrected chi connectivity index (χ1v) is 7.49. The van der Waals surface area contributed by atoms with E-state index in [-0.39, 0.29) is 5.91 Å². The lowest BCUT2D eigenvalue weighted by Gasteiger charge is -2.09. The molecule has 20 heavy (non-hydrogen) atoms. The Morgan fingerprint density at radius 2 is 2.05 bits per heavy atom. The highest BCUT2D eigenvalue weighted by atomic mass is 32.2. The zero-order valence-corrected chi connectivity index (χ0v) is 13.1. The van der Waals surface area contributed by atoms with Gasteiger partial charge in [0.25, 0.3) is 5.91 Å². The first-order chi connectivity index (χ1) is 9.62. The van der Waals surface area contributed by atoms with E-state index in [0.717, 1.165) is 17.0 Å². The average molecular weight is 292 g/mol. The Kier molecular flexibility index (Phi) is 6.87. The van der Waals surface area contributed by atoms with E-state index >= 15 is 0 Å². The molecule has 4 nitrogen and oxygen atoms in total. The predicted molar refractivity (Wildman–Crippen MR) is 85.2 cm³/mol. The molecule has 1 amide bonds. The van der Waals surface area contributed by atoms with Crippen molar-refractivity contribution in [3.63, 3.8) is 0 Å². The van der Waals surface area contributed by atoms with Crippen LogP contribution in [0.1, 0.15) is 19.4 Å². The van der Waals surface area contributed by atoms with Crippen LogP contribution < -0.4 is 10.1 Å². The molecule has 5 heteroatoms. The van der Waals surface area contributed by atoms with Gasteiger partial charge in [0.1, 0.15) is 5.75 Å². The third-order valence-corrected chi connectivity index (χ3v) is 3.56. The maximum absolute atomic E-state index is 12.1. The standard InChI is InChI=1S/C15H20N2O2S/c1-5-16-11(2)14(20-4)15(18)17-10-12-6-8-13(19-3)9-7-12/h5-9H,10H2,1-4H3,(H,17,18)/b14-11-,16-5?. The number of benzene rings is 1. The zero-order valence-electron chi connectivity index (χ0n) is 12.3. The minimum atomic E-state index is -0.101. The maximum atomic E-state index is 12.1. The van der Waals surface area contributed by atoms with Crippen molar-refractivity contribution in [1.82, 2.24) is 5.32 Å². The number of nitrogens with zero attached hydrogens (tertiary/aromatic N) is 1. The van der Waals surface area contributed by atoms with Crippen molar-refractivity contribution in [3.8, 4) is 5.75 Å². The summed E-state index contributed by atoms with van der Waals surface area (Å²) in [6.45, 7) is 4.14. The monoisotopic (exact) mass is 292 g/mol. The molecule has 0 aliphatic carbocycles. The summed E-state index contributed by atoms with van der Waals surface area (Å²) >= 11 is 1.40. The Balaban J connectivity index is 2.68. The quantitative estimate of drug-likeness (QED) is 0.648. The summed E-state index contributed by atoms with van der Waals surface area (Å²) < 4.78 is 5.09. The average Bonchev–Trinajstić information content (AvgIpc) is 2.46. The van der Waals surface area contributed by atoms with E-state index in [9.17, 15) is 4.79 Å². The molecule has 1 N–H and O–H groups in total. The second kappa shape index (κ2) is 8.43. The summed E-state index contributed by atoms with van der Waals surface area (Å²) in [5, 5.41) is 2.89. The zero-order chi connectivity index (χ0) is 15.0. The van der Waals surface area contributed by atoms with E-state index in [1.807, 2.05) is 44.4 Å². The number of carbonyl (C=O) groups is 1. The van der Waals surface area contributed by atoms with Crippen molar-refractivity contribution < 1.29 is 9.53 Å². The molecule has 0 saturated heterocycles. The van der Waals surface area contributed by atoms with Crippen LogP contribution in [0.3, 0.4) is 0 Å². The van der Waals surface area contributed by atoms with E-state index < -0.39 is 0 Å². The number of methoxy groups -OCH3 is 1. The van der Waals surface area contributed by atoms with Gasteiger partial charge in [-0.1, -0.05) is 12.1 Å². The topological polar surface area (TPSA) is 50.7 Å². The second-order valence-corrected chi connectivity index (χ2v) is 4.85. The SMILES string of the molecule is CC=N/C(C)=C(\SC)C(=O)NCc1ccc(OC)cc1.